The van der Waals surface area contributed by atoms with E-state index in [2.05, 4.69) is 0 Å². The minimum atomic E-state index is 0. The van der Waals surface area contributed by atoms with Crippen LogP contribution in [0.5, 0.6) is 0 Å². The van der Waals surface area contributed by atoms with E-state index in [4.69, 9.17) is 15.9 Å². The van der Waals surface area contributed by atoms with Crippen LogP contribution in [-0.4, -0.2) is 6.54 Å². The first kappa shape index (κ1) is 11.5. The Bertz CT molecular complexity index is 189. The molecule has 4 heteroatoms. The highest BCUT2D eigenvalue weighted by Crippen LogP contribution is 2.14. The maximum Gasteiger partial charge on any atom is 0.120 e. The normalized spacial score (nSPS) is 12.2. The van der Waals surface area contributed by atoms with Crippen molar-refractivity contribution < 1.29 is 4.42 Å². The van der Waals surface area contributed by atoms with Crippen LogP contribution in [0.1, 0.15) is 24.6 Å². The molecule has 0 amide bonds. The first-order valence-electron chi connectivity index (χ1n) is 3.83. The van der Waals surface area contributed by atoms with Gasteiger partial charge in [0.2, 0.25) is 0 Å². The summed E-state index contributed by atoms with van der Waals surface area (Å²) in [5.41, 5.74) is 11.1. The van der Waals surface area contributed by atoms with Crippen LogP contribution in [0.4, 0.5) is 0 Å². The summed E-state index contributed by atoms with van der Waals surface area (Å²) in [6.45, 7) is 0.689. The lowest BCUT2D eigenvalue weighted by Crippen LogP contribution is -2.11. The Balaban J connectivity index is 0.00000121. The van der Waals surface area contributed by atoms with E-state index in [9.17, 15) is 0 Å². The summed E-state index contributed by atoms with van der Waals surface area (Å²) in [5.74, 6) is 0.846. The van der Waals surface area contributed by atoms with Gasteiger partial charge in [-0.15, -0.1) is 12.4 Å². The molecule has 1 atom stereocenters. The number of halogens is 1. The lowest BCUT2D eigenvalue weighted by Gasteiger charge is -2.06. The summed E-state index contributed by atoms with van der Waals surface area (Å²) in [7, 11) is 0. The standard InChI is InChI=1S/C8H14N2O.ClH/c9-5-1-3-7(10)8-4-2-6-11-8;/h2,4,6-7H,1,3,5,9-10H2;1H/t7-;/m0./s1. The molecule has 0 saturated heterocycles. The fourth-order valence-corrected chi connectivity index (χ4v) is 0.982. The van der Waals surface area contributed by atoms with Crippen molar-refractivity contribution in [1.29, 1.82) is 0 Å². The second kappa shape index (κ2) is 6.06. The van der Waals surface area contributed by atoms with Gasteiger partial charge in [-0.25, -0.2) is 0 Å². The SMILES string of the molecule is Cl.NCCC[C@H](N)c1ccco1. The molecule has 0 aliphatic rings. The van der Waals surface area contributed by atoms with Crippen LogP contribution in [-0.2, 0) is 0 Å². The van der Waals surface area contributed by atoms with Gasteiger partial charge in [-0.3, -0.25) is 0 Å². The van der Waals surface area contributed by atoms with Gasteiger partial charge in [0.1, 0.15) is 5.76 Å². The van der Waals surface area contributed by atoms with Crippen molar-refractivity contribution in [3.05, 3.63) is 24.2 Å². The second-order valence-electron chi connectivity index (χ2n) is 2.55. The average molecular weight is 191 g/mol. The third-order valence-electron chi connectivity index (χ3n) is 1.63. The summed E-state index contributed by atoms with van der Waals surface area (Å²) in [5, 5.41) is 0. The monoisotopic (exact) mass is 190 g/mol. The van der Waals surface area contributed by atoms with Crippen molar-refractivity contribution >= 4 is 12.4 Å². The van der Waals surface area contributed by atoms with Crippen LogP contribution >= 0.6 is 12.4 Å². The van der Waals surface area contributed by atoms with Gasteiger partial charge in [0.25, 0.3) is 0 Å². The molecule has 0 radical (unpaired) electrons. The van der Waals surface area contributed by atoms with Gasteiger partial charge in [0.15, 0.2) is 0 Å². The molecule has 0 unspecified atom stereocenters. The van der Waals surface area contributed by atoms with E-state index >= 15 is 0 Å². The van der Waals surface area contributed by atoms with Crippen molar-refractivity contribution in [1.82, 2.24) is 0 Å². The third kappa shape index (κ3) is 3.26. The van der Waals surface area contributed by atoms with Gasteiger partial charge in [0, 0.05) is 0 Å². The molecular formula is C8H15ClN2O. The quantitative estimate of drug-likeness (QED) is 0.755. The Morgan fingerprint density at radius 2 is 2.25 bits per heavy atom. The minimum Gasteiger partial charge on any atom is -0.468 e. The summed E-state index contributed by atoms with van der Waals surface area (Å²) in [6.07, 6.45) is 3.48. The van der Waals surface area contributed by atoms with E-state index in [1.807, 2.05) is 12.1 Å². The Morgan fingerprint density at radius 1 is 1.50 bits per heavy atom. The molecule has 1 aromatic heterocycles. The molecule has 3 nitrogen and oxygen atoms in total. The first-order chi connectivity index (χ1) is 5.34. The molecule has 0 saturated carbocycles. The van der Waals surface area contributed by atoms with Crippen LogP contribution in [0.2, 0.25) is 0 Å². The fraction of sp³-hybridized carbons (Fsp3) is 0.500. The Hall–Kier alpha value is -0.510. The van der Waals surface area contributed by atoms with E-state index in [1.54, 1.807) is 6.26 Å². The highest BCUT2D eigenvalue weighted by molar-refractivity contribution is 5.85. The molecule has 12 heavy (non-hydrogen) atoms. The molecule has 4 N–H and O–H groups in total. The molecular weight excluding hydrogens is 176 g/mol. The van der Waals surface area contributed by atoms with E-state index < -0.39 is 0 Å². The molecule has 0 aliphatic heterocycles. The molecule has 1 heterocycles. The molecule has 70 valence electrons. The zero-order valence-electron chi connectivity index (χ0n) is 6.90. The number of hydrogen-bond acceptors (Lipinski definition) is 3. The van der Waals surface area contributed by atoms with Crippen molar-refractivity contribution in [2.75, 3.05) is 6.54 Å². The van der Waals surface area contributed by atoms with E-state index in [0.717, 1.165) is 18.6 Å². The summed E-state index contributed by atoms with van der Waals surface area (Å²) >= 11 is 0. The smallest absolute Gasteiger partial charge is 0.120 e. The van der Waals surface area contributed by atoms with E-state index in [1.165, 1.54) is 0 Å². The highest BCUT2D eigenvalue weighted by Gasteiger charge is 2.06. The van der Waals surface area contributed by atoms with Crippen molar-refractivity contribution in [2.24, 2.45) is 11.5 Å². The molecule has 0 aromatic carbocycles. The van der Waals surface area contributed by atoms with Gasteiger partial charge in [-0.1, -0.05) is 0 Å². The molecule has 0 aliphatic carbocycles. The van der Waals surface area contributed by atoms with Crippen LogP contribution in [0.25, 0.3) is 0 Å². The Morgan fingerprint density at radius 3 is 2.75 bits per heavy atom. The Labute approximate surface area is 78.5 Å². The minimum absolute atomic E-state index is 0. The molecule has 0 bridgehead atoms. The first-order valence-corrected chi connectivity index (χ1v) is 3.83. The highest BCUT2D eigenvalue weighted by atomic mass is 35.5. The number of nitrogens with two attached hydrogens (primary N) is 2. The number of hydrogen-bond donors (Lipinski definition) is 2. The predicted octanol–water partition coefficient (Wildman–Crippen LogP) is 1.44. The maximum absolute atomic E-state index is 5.78. The number of furan rings is 1. The fourth-order valence-electron chi connectivity index (χ4n) is 0.982. The van der Waals surface area contributed by atoms with Gasteiger partial charge in [-0.2, -0.15) is 0 Å². The van der Waals surface area contributed by atoms with Crippen molar-refractivity contribution in [2.45, 2.75) is 18.9 Å². The summed E-state index contributed by atoms with van der Waals surface area (Å²) in [4.78, 5) is 0. The van der Waals surface area contributed by atoms with Crippen LogP contribution in [0.15, 0.2) is 22.8 Å². The second-order valence-corrected chi connectivity index (χ2v) is 2.55. The average Bonchev–Trinajstić information content (AvgIpc) is 2.52. The van der Waals surface area contributed by atoms with Gasteiger partial charge in [0.05, 0.1) is 12.3 Å². The van der Waals surface area contributed by atoms with Crippen LogP contribution in [0, 0.1) is 0 Å². The van der Waals surface area contributed by atoms with E-state index in [0.29, 0.717) is 6.54 Å². The largest absolute Gasteiger partial charge is 0.468 e. The molecule has 1 aromatic rings. The third-order valence-corrected chi connectivity index (χ3v) is 1.63. The molecule has 1 rings (SSSR count). The summed E-state index contributed by atoms with van der Waals surface area (Å²) in [6, 6.07) is 3.74. The summed E-state index contributed by atoms with van der Waals surface area (Å²) < 4.78 is 5.13. The van der Waals surface area contributed by atoms with Gasteiger partial charge < -0.3 is 15.9 Å². The van der Waals surface area contributed by atoms with Crippen LogP contribution in [0.3, 0.4) is 0 Å². The molecule has 0 spiro atoms. The zero-order chi connectivity index (χ0) is 8.10. The van der Waals surface area contributed by atoms with Gasteiger partial charge in [-0.05, 0) is 31.5 Å². The lowest BCUT2D eigenvalue weighted by molar-refractivity contribution is 0.447. The zero-order valence-corrected chi connectivity index (χ0v) is 7.72. The van der Waals surface area contributed by atoms with Crippen LogP contribution < -0.4 is 11.5 Å². The van der Waals surface area contributed by atoms with Crippen molar-refractivity contribution in [3.63, 3.8) is 0 Å². The topological polar surface area (TPSA) is 65.2 Å². The lowest BCUT2D eigenvalue weighted by atomic mass is 10.1. The predicted molar refractivity (Wildman–Crippen MR) is 51.2 cm³/mol. The van der Waals surface area contributed by atoms with Crippen molar-refractivity contribution in [3.8, 4) is 0 Å². The maximum atomic E-state index is 5.78. The van der Waals surface area contributed by atoms with Gasteiger partial charge >= 0.3 is 0 Å². The Kier molecular flexibility index (Phi) is 5.80. The number of rotatable bonds is 4. The molecule has 0 fully saturated rings. The van der Waals surface area contributed by atoms with E-state index in [-0.39, 0.29) is 18.4 Å².